The minimum absolute atomic E-state index is 0.0770. The molecule has 1 aliphatic heterocycles. The van der Waals surface area contributed by atoms with Crippen molar-refractivity contribution in [2.75, 3.05) is 5.32 Å². The van der Waals surface area contributed by atoms with E-state index in [4.69, 9.17) is 23.2 Å². The zero-order valence-electron chi connectivity index (χ0n) is 16.3. The predicted octanol–water partition coefficient (Wildman–Crippen LogP) is 6.88. The van der Waals surface area contributed by atoms with E-state index in [1.807, 2.05) is 42.5 Å². The zero-order chi connectivity index (χ0) is 20.4. The molecule has 1 N–H and O–H groups in total. The molecule has 4 rings (SSSR count). The molecule has 0 aromatic heterocycles. The lowest BCUT2D eigenvalue weighted by molar-refractivity contribution is -0.129. The van der Waals surface area contributed by atoms with Crippen LogP contribution in [0.4, 0.5) is 5.69 Å². The van der Waals surface area contributed by atoms with Gasteiger partial charge in [0.15, 0.2) is 5.50 Å². The fraction of sp³-hybridized carbons (Fsp3) is 0.348. The second kappa shape index (κ2) is 9.03. The Bertz CT molecular complexity index is 918. The number of halogens is 2. The summed E-state index contributed by atoms with van der Waals surface area (Å²) < 4.78 is 0. The van der Waals surface area contributed by atoms with Gasteiger partial charge in [-0.05, 0) is 54.7 Å². The van der Waals surface area contributed by atoms with E-state index >= 15 is 0 Å². The number of nitrogens with one attached hydrogen (secondary N) is 1. The van der Waals surface area contributed by atoms with Crippen molar-refractivity contribution >= 4 is 52.6 Å². The molecule has 0 spiro atoms. The molecular formula is C23H24Cl2N2OS. The lowest BCUT2D eigenvalue weighted by Crippen LogP contribution is -2.48. The standard InChI is InChI=1S/C23H24Cl2N2OS/c1-15-7-5-6-10-20(15)27-22(28)21(13-16-11-12-17(24)14-19(16)25)29-23(27)26-18-8-3-2-4-9-18/h2-4,8-9,11-15,20,23,26H,5-7,10H2,1H3/b21-13-/t15-,20+,23?/m0/s1. The third kappa shape index (κ3) is 4.60. The Morgan fingerprint density at radius 2 is 1.86 bits per heavy atom. The van der Waals surface area contributed by atoms with Crippen LogP contribution in [-0.4, -0.2) is 22.3 Å². The summed E-state index contributed by atoms with van der Waals surface area (Å²) >= 11 is 13.9. The maximum Gasteiger partial charge on any atom is 0.262 e. The molecule has 1 aliphatic carbocycles. The summed E-state index contributed by atoms with van der Waals surface area (Å²) in [6, 6.07) is 15.7. The van der Waals surface area contributed by atoms with Gasteiger partial charge in [0, 0.05) is 21.8 Å². The second-order valence-corrected chi connectivity index (χ2v) is 9.66. The molecule has 0 radical (unpaired) electrons. The number of carbonyl (C=O) groups is 1. The molecule has 0 bridgehead atoms. The van der Waals surface area contributed by atoms with Gasteiger partial charge in [-0.1, -0.05) is 79.0 Å². The largest absolute Gasteiger partial charge is 0.356 e. The third-order valence-corrected chi connectivity index (χ3v) is 7.35. The van der Waals surface area contributed by atoms with Gasteiger partial charge in [0.2, 0.25) is 0 Å². The van der Waals surface area contributed by atoms with Crippen molar-refractivity contribution in [1.29, 1.82) is 0 Å². The molecule has 1 saturated carbocycles. The molecule has 3 atom stereocenters. The number of rotatable bonds is 4. The number of benzene rings is 2. The van der Waals surface area contributed by atoms with Crippen LogP contribution in [0.15, 0.2) is 53.4 Å². The van der Waals surface area contributed by atoms with Crippen LogP contribution in [0.5, 0.6) is 0 Å². The average molecular weight is 447 g/mol. The molecule has 152 valence electrons. The van der Waals surface area contributed by atoms with Gasteiger partial charge in [-0.3, -0.25) is 4.79 Å². The summed E-state index contributed by atoms with van der Waals surface area (Å²) in [4.78, 5) is 16.2. The van der Waals surface area contributed by atoms with E-state index in [0.29, 0.717) is 20.9 Å². The van der Waals surface area contributed by atoms with Gasteiger partial charge in [-0.2, -0.15) is 0 Å². The van der Waals surface area contributed by atoms with E-state index in [9.17, 15) is 4.79 Å². The number of para-hydroxylation sites is 1. The molecule has 3 nitrogen and oxygen atoms in total. The first-order chi connectivity index (χ1) is 14.0. The molecule has 1 heterocycles. The highest BCUT2D eigenvalue weighted by atomic mass is 35.5. The summed E-state index contributed by atoms with van der Waals surface area (Å²) in [7, 11) is 0. The Labute approximate surface area is 186 Å². The summed E-state index contributed by atoms with van der Waals surface area (Å²) in [5.74, 6) is 0.569. The maximum atomic E-state index is 13.5. The smallest absolute Gasteiger partial charge is 0.262 e. The Morgan fingerprint density at radius 3 is 2.59 bits per heavy atom. The van der Waals surface area contributed by atoms with Crippen LogP contribution in [0.1, 0.15) is 38.2 Å². The SMILES string of the molecule is C[C@H]1CCCC[C@H]1N1C(=O)/C(=C/c2ccc(Cl)cc2Cl)SC1Nc1ccccc1. The van der Waals surface area contributed by atoms with Gasteiger partial charge in [0.1, 0.15) is 0 Å². The average Bonchev–Trinajstić information content (AvgIpc) is 3.00. The Kier molecular flexibility index (Phi) is 6.43. The first kappa shape index (κ1) is 20.6. The molecule has 2 aromatic rings. The van der Waals surface area contributed by atoms with Gasteiger partial charge in [0.25, 0.3) is 5.91 Å². The normalized spacial score (nSPS) is 26.2. The van der Waals surface area contributed by atoms with Gasteiger partial charge in [0.05, 0.1) is 4.91 Å². The van der Waals surface area contributed by atoms with Crippen molar-refractivity contribution < 1.29 is 4.79 Å². The number of amides is 1. The molecule has 29 heavy (non-hydrogen) atoms. The highest BCUT2D eigenvalue weighted by Crippen LogP contribution is 2.42. The minimum Gasteiger partial charge on any atom is -0.356 e. The molecule has 2 aliphatic rings. The van der Waals surface area contributed by atoms with Crippen molar-refractivity contribution in [3.63, 3.8) is 0 Å². The summed E-state index contributed by atoms with van der Waals surface area (Å²) in [6.45, 7) is 2.26. The Morgan fingerprint density at radius 1 is 1.10 bits per heavy atom. The highest BCUT2D eigenvalue weighted by Gasteiger charge is 2.42. The fourth-order valence-corrected chi connectivity index (χ4v) is 5.79. The van der Waals surface area contributed by atoms with Crippen LogP contribution in [0.3, 0.4) is 0 Å². The van der Waals surface area contributed by atoms with Crippen LogP contribution in [-0.2, 0) is 4.79 Å². The van der Waals surface area contributed by atoms with E-state index < -0.39 is 0 Å². The molecule has 2 aromatic carbocycles. The quantitative estimate of drug-likeness (QED) is 0.519. The van der Waals surface area contributed by atoms with Crippen LogP contribution in [0.25, 0.3) is 6.08 Å². The number of anilines is 1. The van der Waals surface area contributed by atoms with E-state index in [2.05, 4.69) is 17.1 Å². The Hall–Kier alpha value is -1.62. The number of thioether (sulfide) groups is 1. The van der Waals surface area contributed by atoms with Gasteiger partial charge in [-0.15, -0.1) is 0 Å². The van der Waals surface area contributed by atoms with E-state index in [0.717, 1.165) is 17.7 Å². The van der Waals surface area contributed by atoms with Crippen molar-refractivity contribution in [2.24, 2.45) is 5.92 Å². The van der Waals surface area contributed by atoms with Gasteiger partial charge >= 0.3 is 0 Å². The molecule has 6 heteroatoms. The molecular weight excluding hydrogens is 423 g/mol. The topological polar surface area (TPSA) is 32.3 Å². The van der Waals surface area contributed by atoms with E-state index in [1.54, 1.807) is 23.9 Å². The van der Waals surface area contributed by atoms with Gasteiger partial charge < -0.3 is 10.2 Å². The summed E-state index contributed by atoms with van der Waals surface area (Å²) in [6.07, 6.45) is 6.52. The van der Waals surface area contributed by atoms with Crippen LogP contribution in [0, 0.1) is 5.92 Å². The number of carbonyl (C=O) groups excluding carboxylic acids is 1. The Balaban J connectivity index is 1.66. The van der Waals surface area contributed by atoms with Crippen LogP contribution >= 0.6 is 35.0 Å². The summed E-state index contributed by atoms with van der Waals surface area (Å²) in [5, 5.41) is 4.69. The lowest BCUT2D eigenvalue weighted by Gasteiger charge is -2.39. The lowest BCUT2D eigenvalue weighted by atomic mass is 9.85. The summed E-state index contributed by atoms with van der Waals surface area (Å²) in [5.41, 5.74) is 1.69. The number of nitrogens with zero attached hydrogens (tertiary/aromatic N) is 1. The van der Waals surface area contributed by atoms with Crippen molar-refractivity contribution in [3.8, 4) is 0 Å². The van der Waals surface area contributed by atoms with Crippen molar-refractivity contribution in [1.82, 2.24) is 4.90 Å². The highest BCUT2D eigenvalue weighted by molar-refractivity contribution is 8.05. The predicted molar refractivity (Wildman–Crippen MR) is 124 cm³/mol. The van der Waals surface area contributed by atoms with Gasteiger partial charge in [-0.25, -0.2) is 0 Å². The maximum absolute atomic E-state index is 13.5. The molecule has 2 fully saturated rings. The monoisotopic (exact) mass is 446 g/mol. The third-order valence-electron chi connectivity index (χ3n) is 5.67. The minimum atomic E-state index is -0.132. The van der Waals surface area contributed by atoms with Crippen molar-refractivity contribution in [2.45, 2.75) is 44.1 Å². The first-order valence-corrected chi connectivity index (χ1v) is 11.6. The fourth-order valence-electron chi connectivity index (χ4n) is 4.13. The second-order valence-electron chi connectivity index (χ2n) is 7.70. The first-order valence-electron chi connectivity index (χ1n) is 10.0. The number of hydrogen-bond acceptors (Lipinski definition) is 3. The van der Waals surface area contributed by atoms with Crippen LogP contribution in [0.2, 0.25) is 10.0 Å². The van der Waals surface area contributed by atoms with Crippen molar-refractivity contribution in [3.05, 3.63) is 69.0 Å². The zero-order valence-corrected chi connectivity index (χ0v) is 18.6. The molecule has 1 saturated heterocycles. The van der Waals surface area contributed by atoms with E-state index in [1.165, 1.54) is 19.3 Å². The van der Waals surface area contributed by atoms with Crippen LogP contribution < -0.4 is 5.32 Å². The van der Waals surface area contributed by atoms with E-state index in [-0.39, 0.29) is 17.4 Å². The molecule has 1 amide bonds. The molecule has 1 unspecified atom stereocenters. The number of hydrogen-bond donors (Lipinski definition) is 1.